The first-order chi connectivity index (χ1) is 9.42. The van der Waals surface area contributed by atoms with E-state index in [2.05, 4.69) is 0 Å². The Bertz CT molecular complexity index is 313. The van der Waals surface area contributed by atoms with Crippen molar-refractivity contribution in [2.75, 3.05) is 19.5 Å². The van der Waals surface area contributed by atoms with Gasteiger partial charge >= 0.3 is 5.97 Å². The number of carbonyl (C=O) groups is 1. The minimum absolute atomic E-state index is 0.0711. The van der Waals surface area contributed by atoms with Gasteiger partial charge in [-0.1, -0.05) is 0 Å². The van der Waals surface area contributed by atoms with Crippen molar-refractivity contribution in [3.8, 4) is 0 Å². The zero-order valence-electron chi connectivity index (χ0n) is 11.0. The van der Waals surface area contributed by atoms with Crippen LogP contribution in [0.25, 0.3) is 0 Å². The van der Waals surface area contributed by atoms with Gasteiger partial charge in [0.1, 0.15) is 23.6 Å². The molecule has 1 heterocycles. The van der Waals surface area contributed by atoms with Crippen LogP contribution in [0.4, 0.5) is 0 Å². The Kier molecular flexibility index (Phi) is 7.17. The molecule has 0 amide bonds. The Balaban J connectivity index is 2.59. The van der Waals surface area contributed by atoms with Crippen LogP contribution >= 0.6 is 11.8 Å². The molecule has 20 heavy (non-hydrogen) atoms. The van der Waals surface area contributed by atoms with Gasteiger partial charge in [0.2, 0.25) is 0 Å². The normalized spacial score (nSPS) is 35.8. The third-order valence-corrected chi connectivity index (χ3v) is 4.39. The first-order valence-corrected chi connectivity index (χ1v) is 7.15. The molecule has 0 aromatic rings. The van der Waals surface area contributed by atoms with Gasteiger partial charge in [0.15, 0.2) is 6.29 Å². The first-order valence-electron chi connectivity index (χ1n) is 6.10. The highest BCUT2D eigenvalue weighted by Crippen LogP contribution is 2.26. The summed E-state index contributed by atoms with van der Waals surface area (Å²) in [6.45, 7) is -0.264. The monoisotopic (exact) mass is 312 g/mol. The molecule has 0 spiro atoms. The maximum absolute atomic E-state index is 10.9. The van der Waals surface area contributed by atoms with Crippen LogP contribution < -0.4 is 0 Å². The molecule has 0 aliphatic carbocycles. The summed E-state index contributed by atoms with van der Waals surface area (Å²) < 4.78 is 10.1. The maximum Gasteiger partial charge on any atom is 0.316 e. The average molecular weight is 312 g/mol. The first kappa shape index (κ1) is 17.6. The number of hydrogen-bond donors (Lipinski definition) is 5. The summed E-state index contributed by atoms with van der Waals surface area (Å²) in [5.41, 5.74) is 0. The predicted octanol–water partition coefficient (Wildman–Crippen LogP) is -1.99. The van der Waals surface area contributed by atoms with Crippen LogP contribution in [0.3, 0.4) is 0 Å². The molecule has 1 saturated heterocycles. The van der Waals surface area contributed by atoms with Crippen LogP contribution in [-0.4, -0.2) is 86.9 Å². The SMILES string of the molecule is CO[C@@H]1O[C@H](CSC(CCO)C(=O)O)[C@H](O)[C@H](O)[C@H]1O. The van der Waals surface area contributed by atoms with Gasteiger partial charge in [0.05, 0.1) is 6.10 Å². The standard InChI is InChI=1S/C11H20O8S/c1-18-11-9(15)8(14)7(13)5(19-11)4-20-6(2-3-12)10(16)17/h5-9,11-15H,2-4H2,1H3,(H,16,17)/t5-,6?,7+,8+,9-,11-/m1/s1. The van der Waals surface area contributed by atoms with Crippen LogP contribution in [0.15, 0.2) is 0 Å². The number of rotatable bonds is 7. The molecule has 118 valence electrons. The lowest BCUT2D eigenvalue weighted by Gasteiger charge is -2.39. The molecule has 0 radical (unpaired) electrons. The van der Waals surface area contributed by atoms with Gasteiger partial charge in [0.25, 0.3) is 0 Å². The Labute approximate surface area is 120 Å². The van der Waals surface area contributed by atoms with Crippen LogP contribution in [0.1, 0.15) is 6.42 Å². The molecule has 9 heteroatoms. The summed E-state index contributed by atoms with van der Waals surface area (Å²) in [5, 5.41) is 45.9. The van der Waals surface area contributed by atoms with Crippen molar-refractivity contribution in [1.29, 1.82) is 0 Å². The number of carboxylic acids is 1. The van der Waals surface area contributed by atoms with E-state index in [4.69, 9.17) is 19.7 Å². The second kappa shape index (κ2) is 8.13. The molecule has 0 saturated carbocycles. The molecular formula is C11H20O8S. The van der Waals surface area contributed by atoms with Crippen molar-refractivity contribution in [3.63, 3.8) is 0 Å². The number of methoxy groups -OCH3 is 1. The quantitative estimate of drug-likeness (QED) is 0.362. The van der Waals surface area contributed by atoms with Gasteiger partial charge in [-0.15, -0.1) is 11.8 Å². The highest BCUT2D eigenvalue weighted by atomic mass is 32.2. The number of hydrogen-bond acceptors (Lipinski definition) is 8. The number of aliphatic hydroxyl groups excluding tert-OH is 4. The molecule has 1 aliphatic rings. The topological polar surface area (TPSA) is 137 Å². The van der Waals surface area contributed by atoms with Gasteiger partial charge in [0, 0.05) is 19.5 Å². The number of thioether (sulfide) groups is 1. The molecule has 1 rings (SSSR count). The van der Waals surface area contributed by atoms with Gasteiger partial charge < -0.3 is 35.0 Å². The number of aliphatic hydroxyl groups is 4. The average Bonchev–Trinajstić information content (AvgIpc) is 2.42. The minimum Gasteiger partial charge on any atom is -0.480 e. The molecule has 1 fully saturated rings. The lowest BCUT2D eigenvalue weighted by molar-refractivity contribution is -0.284. The van der Waals surface area contributed by atoms with E-state index in [1.54, 1.807) is 0 Å². The summed E-state index contributed by atoms with van der Waals surface area (Å²) >= 11 is 0.987. The van der Waals surface area contributed by atoms with E-state index in [9.17, 15) is 20.1 Å². The fourth-order valence-electron chi connectivity index (χ4n) is 1.86. The molecule has 0 bridgehead atoms. The Morgan fingerprint density at radius 1 is 1.30 bits per heavy atom. The molecular weight excluding hydrogens is 292 g/mol. The van der Waals surface area contributed by atoms with Crippen LogP contribution in [0.5, 0.6) is 0 Å². The number of aliphatic carboxylic acids is 1. The summed E-state index contributed by atoms with van der Waals surface area (Å²) in [4.78, 5) is 10.9. The zero-order chi connectivity index (χ0) is 15.3. The van der Waals surface area contributed by atoms with Gasteiger partial charge in [-0.05, 0) is 6.42 Å². The summed E-state index contributed by atoms with van der Waals surface area (Å²) in [6.07, 6.45) is -6.03. The van der Waals surface area contributed by atoms with E-state index in [-0.39, 0.29) is 18.8 Å². The maximum atomic E-state index is 10.9. The largest absolute Gasteiger partial charge is 0.480 e. The van der Waals surface area contributed by atoms with E-state index < -0.39 is 41.9 Å². The summed E-state index contributed by atoms with van der Waals surface area (Å²) in [6, 6.07) is 0. The molecule has 5 N–H and O–H groups in total. The van der Waals surface area contributed by atoms with E-state index in [0.717, 1.165) is 11.8 Å². The van der Waals surface area contributed by atoms with Gasteiger partial charge in [-0.3, -0.25) is 4.79 Å². The number of carboxylic acid groups (broad SMARTS) is 1. The lowest BCUT2D eigenvalue weighted by Crippen LogP contribution is -2.58. The Morgan fingerprint density at radius 3 is 2.45 bits per heavy atom. The second-order valence-electron chi connectivity index (χ2n) is 4.42. The van der Waals surface area contributed by atoms with Crippen molar-refractivity contribution in [1.82, 2.24) is 0 Å². The smallest absolute Gasteiger partial charge is 0.316 e. The van der Waals surface area contributed by atoms with Crippen molar-refractivity contribution in [2.45, 2.75) is 42.4 Å². The van der Waals surface area contributed by atoms with E-state index in [1.165, 1.54) is 7.11 Å². The molecule has 8 nitrogen and oxygen atoms in total. The van der Waals surface area contributed by atoms with Crippen molar-refractivity contribution < 1.29 is 39.8 Å². The van der Waals surface area contributed by atoms with E-state index in [0.29, 0.717) is 0 Å². The van der Waals surface area contributed by atoms with Crippen molar-refractivity contribution in [2.24, 2.45) is 0 Å². The Hall–Kier alpha value is -0.420. The summed E-state index contributed by atoms with van der Waals surface area (Å²) in [7, 11) is 1.29. The molecule has 0 aromatic carbocycles. The fourth-order valence-corrected chi connectivity index (χ4v) is 2.97. The highest BCUT2D eigenvalue weighted by molar-refractivity contribution is 8.00. The zero-order valence-corrected chi connectivity index (χ0v) is 11.8. The third kappa shape index (κ3) is 4.29. The molecule has 6 atom stereocenters. The van der Waals surface area contributed by atoms with Crippen molar-refractivity contribution >= 4 is 17.7 Å². The summed E-state index contributed by atoms with van der Waals surface area (Å²) in [5.74, 6) is -0.986. The molecule has 1 unspecified atom stereocenters. The van der Waals surface area contributed by atoms with E-state index in [1.807, 2.05) is 0 Å². The fraction of sp³-hybridized carbons (Fsp3) is 0.909. The Morgan fingerprint density at radius 2 is 1.95 bits per heavy atom. The molecule has 1 aliphatic heterocycles. The van der Waals surface area contributed by atoms with Gasteiger partial charge in [-0.2, -0.15) is 0 Å². The van der Waals surface area contributed by atoms with Crippen molar-refractivity contribution in [3.05, 3.63) is 0 Å². The van der Waals surface area contributed by atoms with Crippen LogP contribution in [-0.2, 0) is 14.3 Å². The van der Waals surface area contributed by atoms with Crippen LogP contribution in [0, 0.1) is 0 Å². The highest BCUT2D eigenvalue weighted by Gasteiger charge is 2.44. The number of ether oxygens (including phenoxy) is 2. The minimum atomic E-state index is -1.43. The second-order valence-corrected chi connectivity index (χ2v) is 5.66. The van der Waals surface area contributed by atoms with Crippen LogP contribution in [0.2, 0.25) is 0 Å². The van der Waals surface area contributed by atoms with Gasteiger partial charge in [-0.25, -0.2) is 0 Å². The molecule has 0 aromatic heterocycles. The third-order valence-electron chi connectivity index (χ3n) is 3.03. The van der Waals surface area contributed by atoms with E-state index >= 15 is 0 Å². The predicted molar refractivity (Wildman–Crippen MR) is 69.3 cm³/mol. The lowest BCUT2D eigenvalue weighted by atomic mass is 10.00.